The van der Waals surface area contributed by atoms with E-state index < -0.39 is 0 Å². The largest absolute Gasteiger partial charge is 0.295 e. The topological polar surface area (TPSA) is 8.29 Å². The molecule has 0 aliphatic carbocycles. The number of hydrogen-bond donors (Lipinski definition) is 0. The molecule has 0 atom stereocenters. The van der Waals surface area contributed by atoms with Crippen LogP contribution >= 0.6 is 0 Å². The van der Waals surface area contributed by atoms with Crippen LogP contribution in [0.15, 0.2) is 30.5 Å². The first-order valence-corrected chi connectivity index (χ1v) is 9.96. The van der Waals surface area contributed by atoms with Gasteiger partial charge in [0.1, 0.15) is 11.7 Å². The lowest BCUT2D eigenvalue weighted by molar-refractivity contribution is -0.643. The first kappa shape index (κ1) is 16.8. The molecule has 138 valence electrons. The van der Waals surface area contributed by atoms with Crippen LogP contribution < -0.4 is 4.57 Å². The minimum absolute atomic E-state index is 0.0395. The maximum atomic E-state index is 2.57. The Kier molecular flexibility index (Phi) is 2.94. The van der Waals surface area contributed by atoms with E-state index in [1.54, 1.807) is 0 Å². The number of pyridine rings is 1. The second kappa shape index (κ2) is 4.73. The third-order valence-corrected chi connectivity index (χ3v) is 7.82. The maximum Gasteiger partial charge on any atom is 0.295 e. The Labute approximate surface area is 161 Å². The summed E-state index contributed by atoms with van der Waals surface area (Å²) in [5, 5.41) is 4.20. The van der Waals surface area contributed by atoms with Crippen molar-refractivity contribution in [3.8, 4) is 0 Å². The van der Waals surface area contributed by atoms with Crippen LogP contribution in [0.4, 0.5) is 0 Å². The Morgan fingerprint density at radius 2 is 1.48 bits per heavy atom. The van der Waals surface area contributed by atoms with Crippen molar-refractivity contribution in [2.45, 2.75) is 59.3 Å². The number of aromatic nitrogens is 2. The molecule has 0 spiro atoms. The third-order valence-electron chi connectivity index (χ3n) is 7.82. The predicted molar refractivity (Wildman–Crippen MR) is 114 cm³/mol. The number of benzene rings is 2. The molecule has 5 rings (SSSR count). The van der Waals surface area contributed by atoms with E-state index in [0.29, 0.717) is 0 Å². The van der Waals surface area contributed by atoms with E-state index in [0.717, 1.165) is 0 Å². The number of hydrogen-bond acceptors (Lipinski definition) is 0. The zero-order valence-corrected chi connectivity index (χ0v) is 17.8. The van der Waals surface area contributed by atoms with Gasteiger partial charge in [0.05, 0.1) is 12.4 Å². The van der Waals surface area contributed by atoms with Gasteiger partial charge in [-0.25, -0.2) is 4.57 Å². The Bertz CT molecular complexity index is 1300. The zero-order chi connectivity index (χ0) is 19.5. The number of nitrogens with zero attached hydrogens (tertiary/aromatic N) is 2. The van der Waals surface area contributed by atoms with Gasteiger partial charge in [-0.2, -0.15) is 4.40 Å². The molecule has 4 aromatic rings. The molecule has 0 fully saturated rings. The highest BCUT2D eigenvalue weighted by Crippen LogP contribution is 2.51. The lowest BCUT2D eigenvalue weighted by Gasteiger charge is -2.43. The van der Waals surface area contributed by atoms with Crippen molar-refractivity contribution in [3.63, 3.8) is 0 Å². The van der Waals surface area contributed by atoms with Gasteiger partial charge >= 0.3 is 0 Å². The summed E-state index contributed by atoms with van der Waals surface area (Å²) < 4.78 is 4.91. The average Bonchev–Trinajstić information content (AvgIpc) is 2.95. The lowest BCUT2D eigenvalue weighted by Crippen LogP contribution is -2.44. The highest BCUT2D eigenvalue weighted by Gasteiger charge is 2.50. The number of aryl methyl sites for hydroxylation is 4. The Balaban J connectivity index is 2.27. The quantitative estimate of drug-likeness (QED) is 0.287. The SMILES string of the molecule is Cc1ccc2c3c(C)ccc4c3n3c(c[n+](C)c3c2c1C)C(C)(C)C4(C)C. The van der Waals surface area contributed by atoms with E-state index in [1.165, 1.54) is 55.3 Å². The fourth-order valence-corrected chi connectivity index (χ4v) is 5.27. The van der Waals surface area contributed by atoms with E-state index in [2.05, 4.69) is 94.9 Å². The second-order valence-corrected chi connectivity index (χ2v) is 9.62. The summed E-state index contributed by atoms with van der Waals surface area (Å²) in [6.45, 7) is 16.4. The van der Waals surface area contributed by atoms with E-state index in [4.69, 9.17) is 0 Å². The summed E-state index contributed by atoms with van der Waals surface area (Å²) in [6, 6.07) is 9.31. The van der Waals surface area contributed by atoms with Gasteiger partial charge in [0, 0.05) is 27.2 Å². The van der Waals surface area contributed by atoms with E-state index in [1.807, 2.05) is 0 Å². The van der Waals surface area contributed by atoms with Crippen LogP contribution in [0.3, 0.4) is 0 Å². The minimum atomic E-state index is 0.0395. The van der Waals surface area contributed by atoms with Crippen LogP contribution in [0.25, 0.3) is 27.3 Å². The van der Waals surface area contributed by atoms with Crippen molar-refractivity contribution in [2.75, 3.05) is 0 Å². The molecule has 1 aliphatic heterocycles. The van der Waals surface area contributed by atoms with Crippen molar-refractivity contribution in [1.29, 1.82) is 0 Å². The molecule has 0 saturated carbocycles. The van der Waals surface area contributed by atoms with Crippen LogP contribution in [0, 0.1) is 20.8 Å². The molecular weight excluding hydrogens is 328 g/mol. The van der Waals surface area contributed by atoms with Gasteiger partial charge in [-0.3, -0.25) is 0 Å². The van der Waals surface area contributed by atoms with Crippen molar-refractivity contribution >= 4 is 27.3 Å². The Hall–Kier alpha value is -2.35. The number of fused-ring (bicyclic) bond motifs is 3. The molecule has 2 nitrogen and oxygen atoms in total. The lowest BCUT2D eigenvalue weighted by atomic mass is 9.60. The molecule has 0 amide bonds. The monoisotopic (exact) mass is 357 g/mol. The molecule has 2 heteroatoms. The third kappa shape index (κ3) is 1.70. The van der Waals surface area contributed by atoms with Crippen molar-refractivity contribution < 1.29 is 4.57 Å². The molecule has 0 unspecified atom stereocenters. The first-order valence-electron chi connectivity index (χ1n) is 9.96. The highest BCUT2D eigenvalue weighted by atomic mass is 15.1. The number of imidazole rings is 1. The molecule has 0 radical (unpaired) electrons. The molecule has 0 N–H and O–H groups in total. The van der Waals surface area contributed by atoms with Crippen molar-refractivity contribution in [1.82, 2.24) is 4.40 Å². The van der Waals surface area contributed by atoms with Gasteiger partial charge < -0.3 is 0 Å². The van der Waals surface area contributed by atoms with E-state index >= 15 is 0 Å². The highest BCUT2D eigenvalue weighted by molar-refractivity contribution is 6.15. The summed E-state index contributed by atoms with van der Waals surface area (Å²) >= 11 is 0. The summed E-state index contributed by atoms with van der Waals surface area (Å²) in [5.74, 6) is 0. The molecule has 2 aromatic heterocycles. The van der Waals surface area contributed by atoms with Crippen LogP contribution in [-0.4, -0.2) is 4.40 Å². The maximum absolute atomic E-state index is 2.57. The van der Waals surface area contributed by atoms with Crippen LogP contribution in [0.2, 0.25) is 0 Å². The molecular formula is C25H29N2+. The summed E-state index contributed by atoms with van der Waals surface area (Å²) in [5.41, 5.74) is 9.81. The van der Waals surface area contributed by atoms with Gasteiger partial charge in [-0.15, -0.1) is 0 Å². The first-order chi connectivity index (χ1) is 12.6. The fraction of sp³-hybridized carbons (Fsp3) is 0.400. The molecule has 3 heterocycles. The van der Waals surface area contributed by atoms with Gasteiger partial charge in [0.25, 0.3) is 5.65 Å². The molecule has 0 saturated heterocycles. The summed E-state index contributed by atoms with van der Waals surface area (Å²) in [6.07, 6.45) is 2.36. The van der Waals surface area contributed by atoms with Crippen LogP contribution in [-0.2, 0) is 17.9 Å². The molecule has 27 heavy (non-hydrogen) atoms. The van der Waals surface area contributed by atoms with E-state index in [9.17, 15) is 0 Å². The zero-order valence-electron chi connectivity index (χ0n) is 17.8. The summed E-state index contributed by atoms with van der Waals surface area (Å²) in [4.78, 5) is 0. The standard InChI is InChI=1S/C25H29N2/c1-14-9-11-17-20-15(2)10-12-18-22(20)27-19(25(6,7)24(18,4)5)13-26(8)23(27)21(17)16(14)3/h9-13H,1-8H3/q+1. The van der Waals surface area contributed by atoms with Crippen molar-refractivity contribution in [3.05, 3.63) is 58.4 Å². The normalized spacial score (nSPS) is 17.5. The smallest absolute Gasteiger partial charge is 0.232 e. The molecule has 2 aromatic carbocycles. The van der Waals surface area contributed by atoms with Crippen molar-refractivity contribution in [2.24, 2.45) is 7.05 Å². The summed E-state index contributed by atoms with van der Waals surface area (Å²) in [7, 11) is 2.20. The van der Waals surface area contributed by atoms with Crippen LogP contribution in [0.5, 0.6) is 0 Å². The predicted octanol–water partition coefficient (Wildman–Crippen LogP) is 5.56. The Morgan fingerprint density at radius 1 is 0.815 bits per heavy atom. The van der Waals surface area contributed by atoms with Gasteiger partial charge in [0.2, 0.25) is 0 Å². The Morgan fingerprint density at radius 3 is 2.19 bits per heavy atom. The fourth-order valence-electron chi connectivity index (χ4n) is 5.27. The molecule has 1 aliphatic rings. The minimum Gasteiger partial charge on any atom is -0.232 e. The second-order valence-electron chi connectivity index (χ2n) is 9.62. The van der Waals surface area contributed by atoms with Gasteiger partial charge in [-0.1, -0.05) is 52.0 Å². The van der Waals surface area contributed by atoms with Gasteiger partial charge in [-0.05, 0) is 37.5 Å². The van der Waals surface area contributed by atoms with Gasteiger partial charge in [0.15, 0.2) is 5.69 Å². The average molecular weight is 358 g/mol. The van der Waals surface area contributed by atoms with Crippen LogP contribution in [0.1, 0.15) is 55.6 Å². The molecule has 0 bridgehead atoms. The number of rotatable bonds is 0. The van der Waals surface area contributed by atoms with E-state index in [-0.39, 0.29) is 10.8 Å².